The Balaban J connectivity index is 2.13. The van der Waals surface area contributed by atoms with Gasteiger partial charge in [-0.25, -0.2) is 4.98 Å². The fraction of sp³-hybridized carbons (Fsp3) is 0.562. The van der Waals surface area contributed by atoms with Gasteiger partial charge in [0.2, 0.25) is 0 Å². The van der Waals surface area contributed by atoms with Crippen LogP contribution in [-0.4, -0.2) is 35.5 Å². The molecule has 5 heteroatoms. The molecule has 21 heavy (non-hydrogen) atoms. The van der Waals surface area contributed by atoms with Crippen molar-refractivity contribution in [2.75, 3.05) is 20.3 Å². The summed E-state index contributed by atoms with van der Waals surface area (Å²) in [6.07, 6.45) is 0.894. The molecule has 4 nitrogen and oxygen atoms in total. The maximum atomic E-state index is 6.35. The second-order valence-corrected chi connectivity index (χ2v) is 6.46. The summed E-state index contributed by atoms with van der Waals surface area (Å²) in [5, 5.41) is -0.145. The zero-order valence-electron chi connectivity index (χ0n) is 12.7. The fourth-order valence-electron chi connectivity index (χ4n) is 3.07. The van der Waals surface area contributed by atoms with Crippen molar-refractivity contribution in [2.24, 2.45) is 0 Å². The third-order valence-corrected chi connectivity index (χ3v) is 4.50. The number of imidazole rings is 1. The molecule has 1 aromatic carbocycles. The van der Waals surface area contributed by atoms with Crippen LogP contribution in [0.4, 0.5) is 0 Å². The molecule has 0 amide bonds. The molecule has 2 heterocycles. The molecular weight excluding hydrogens is 288 g/mol. The molecule has 2 unspecified atom stereocenters. The highest BCUT2D eigenvalue weighted by molar-refractivity contribution is 6.20. The summed E-state index contributed by atoms with van der Waals surface area (Å²) >= 11 is 6.35. The first-order valence-electron chi connectivity index (χ1n) is 7.29. The highest BCUT2D eigenvalue weighted by atomic mass is 35.5. The number of hydrogen-bond donors (Lipinski definition) is 0. The number of fused-ring (bicyclic) bond motifs is 1. The number of methoxy groups -OCH3 is 1. The van der Waals surface area contributed by atoms with Gasteiger partial charge in [-0.15, -0.1) is 11.6 Å². The zero-order valence-corrected chi connectivity index (χ0v) is 13.5. The van der Waals surface area contributed by atoms with E-state index in [4.69, 9.17) is 26.1 Å². The highest BCUT2D eigenvalue weighted by Gasteiger charge is 2.37. The van der Waals surface area contributed by atoms with E-state index >= 15 is 0 Å². The van der Waals surface area contributed by atoms with Crippen LogP contribution in [0.3, 0.4) is 0 Å². The molecule has 0 aliphatic carbocycles. The number of hydrogen-bond acceptors (Lipinski definition) is 3. The van der Waals surface area contributed by atoms with E-state index in [1.807, 2.05) is 19.1 Å². The summed E-state index contributed by atoms with van der Waals surface area (Å²) in [5.41, 5.74) is 3.05. The molecule has 1 aliphatic rings. The number of halogens is 1. The minimum absolute atomic E-state index is 0.145. The van der Waals surface area contributed by atoms with Gasteiger partial charge in [0.15, 0.2) is 0 Å². The van der Waals surface area contributed by atoms with E-state index in [2.05, 4.69) is 17.6 Å². The second-order valence-electron chi connectivity index (χ2n) is 5.80. The Bertz CT molecular complexity index is 645. The third-order valence-electron chi connectivity index (χ3n) is 4.30. The molecule has 1 fully saturated rings. The van der Waals surface area contributed by atoms with E-state index in [0.717, 1.165) is 36.4 Å². The Kier molecular flexibility index (Phi) is 3.95. The molecule has 1 aromatic heterocycles. The van der Waals surface area contributed by atoms with Crippen LogP contribution < -0.4 is 0 Å². The van der Waals surface area contributed by atoms with Crippen molar-refractivity contribution >= 4 is 22.6 Å². The molecular formula is C16H21ClN2O2. The van der Waals surface area contributed by atoms with Gasteiger partial charge in [-0.05, 0) is 25.5 Å². The van der Waals surface area contributed by atoms with Crippen molar-refractivity contribution in [3.63, 3.8) is 0 Å². The molecule has 0 saturated carbocycles. The minimum atomic E-state index is -0.281. The number of aromatic nitrogens is 2. The van der Waals surface area contributed by atoms with E-state index in [-0.39, 0.29) is 11.0 Å². The predicted octanol–water partition coefficient (Wildman–Crippen LogP) is 3.45. The lowest BCUT2D eigenvalue weighted by Crippen LogP contribution is -2.37. The van der Waals surface area contributed by atoms with E-state index in [1.165, 1.54) is 5.56 Å². The summed E-state index contributed by atoms with van der Waals surface area (Å²) < 4.78 is 13.5. The van der Waals surface area contributed by atoms with Crippen molar-refractivity contribution in [1.82, 2.24) is 9.55 Å². The average molecular weight is 309 g/mol. The lowest BCUT2D eigenvalue weighted by atomic mass is 10.0. The largest absolute Gasteiger partial charge is 0.378 e. The molecule has 0 spiro atoms. The van der Waals surface area contributed by atoms with E-state index in [9.17, 15) is 0 Å². The summed E-state index contributed by atoms with van der Waals surface area (Å²) in [7, 11) is 1.75. The highest BCUT2D eigenvalue weighted by Crippen LogP contribution is 2.31. The van der Waals surface area contributed by atoms with Gasteiger partial charge in [0.05, 0.1) is 29.6 Å². The maximum Gasteiger partial charge on any atom is 0.127 e. The fourth-order valence-corrected chi connectivity index (χ4v) is 3.24. The number of nitrogens with zero attached hydrogens (tertiary/aromatic N) is 2. The van der Waals surface area contributed by atoms with Crippen LogP contribution in [0.5, 0.6) is 0 Å². The van der Waals surface area contributed by atoms with Crippen LogP contribution in [0.15, 0.2) is 18.2 Å². The monoisotopic (exact) mass is 308 g/mol. The van der Waals surface area contributed by atoms with Crippen molar-refractivity contribution in [2.45, 2.75) is 37.8 Å². The Morgan fingerprint density at radius 3 is 2.95 bits per heavy atom. The standard InChI is InChI=1S/C16H21ClN2O2/c1-11-5-4-6-13-14(11)19(15(18-13)12(2)17)9-16(20-3)7-8-21-10-16/h4-6,12H,7-10H2,1-3H3. The number of benzene rings is 1. The topological polar surface area (TPSA) is 36.3 Å². The Hall–Kier alpha value is -1.10. The normalized spacial score (nSPS) is 23.8. The number of ether oxygens (including phenoxy) is 2. The minimum Gasteiger partial charge on any atom is -0.378 e. The smallest absolute Gasteiger partial charge is 0.127 e. The molecule has 1 aliphatic heterocycles. The van der Waals surface area contributed by atoms with Crippen LogP contribution in [0.2, 0.25) is 0 Å². The molecule has 3 rings (SSSR count). The van der Waals surface area contributed by atoms with Gasteiger partial charge in [0.25, 0.3) is 0 Å². The number of alkyl halides is 1. The summed E-state index contributed by atoms with van der Waals surface area (Å²) in [4.78, 5) is 4.72. The van der Waals surface area contributed by atoms with Gasteiger partial charge >= 0.3 is 0 Å². The molecule has 0 radical (unpaired) electrons. The van der Waals surface area contributed by atoms with Gasteiger partial charge in [-0.3, -0.25) is 0 Å². The summed E-state index contributed by atoms with van der Waals surface area (Å²) in [6, 6.07) is 6.17. The van der Waals surface area contributed by atoms with Crippen molar-refractivity contribution in [1.29, 1.82) is 0 Å². The van der Waals surface area contributed by atoms with Gasteiger partial charge < -0.3 is 14.0 Å². The molecule has 2 atom stereocenters. The van der Waals surface area contributed by atoms with E-state index in [0.29, 0.717) is 6.61 Å². The molecule has 114 valence electrons. The van der Waals surface area contributed by atoms with Crippen molar-refractivity contribution < 1.29 is 9.47 Å². The van der Waals surface area contributed by atoms with Crippen LogP contribution in [0, 0.1) is 6.92 Å². The van der Waals surface area contributed by atoms with Gasteiger partial charge in [-0.1, -0.05) is 12.1 Å². The quantitative estimate of drug-likeness (QED) is 0.812. The van der Waals surface area contributed by atoms with E-state index in [1.54, 1.807) is 7.11 Å². The number of rotatable bonds is 4. The van der Waals surface area contributed by atoms with Crippen LogP contribution in [0.25, 0.3) is 11.0 Å². The maximum absolute atomic E-state index is 6.35. The van der Waals surface area contributed by atoms with Crippen LogP contribution in [0.1, 0.15) is 30.1 Å². The van der Waals surface area contributed by atoms with E-state index < -0.39 is 0 Å². The predicted molar refractivity (Wildman–Crippen MR) is 83.9 cm³/mol. The Morgan fingerprint density at radius 2 is 2.33 bits per heavy atom. The summed E-state index contributed by atoms with van der Waals surface area (Å²) in [5.74, 6) is 0.893. The zero-order chi connectivity index (χ0) is 15.0. The van der Waals surface area contributed by atoms with Crippen LogP contribution in [-0.2, 0) is 16.0 Å². The van der Waals surface area contributed by atoms with Gasteiger partial charge in [0, 0.05) is 20.1 Å². The third kappa shape index (κ3) is 2.56. The molecule has 2 aromatic rings. The Labute approximate surface area is 130 Å². The lowest BCUT2D eigenvalue weighted by Gasteiger charge is -2.28. The van der Waals surface area contributed by atoms with Crippen molar-refractivity contribution in [3.05, 3.63) is 29.6 Å². The molecule has 1 saturated heterocycles. The first-order chi connectivity index (χ1) is 10.1. The van der Waals surface area contributed by atoms with Crippen LogP contribution >= 0.6 is 11.6 Å². The number of para-hydroxylation sites is 1. The first-order valence-corrected chi connectivity index (χ1v) is 7.73. The SMILES string of the molecule is COC1(Cn2c(C(C)Cl)nc3cccc(C)c32)CCOC1. The average Bonchev–Trinajstić information content (AvgIpc) is 3.06. The lowest BCUT2D eigenvalue weighted by molar-refractivity contribution is -0.0292. The first kappa shape index (κ1) is 14.8. The second kappa shape index (κ2) is 5.59. The number of aryl methyl sites for hydroxylation is 1. The van der Waals surface area contributed by atoms with Gasteiger partial charge in [-0.2, -0.15) is 0 Å². The van der Waals surface area contributed by atoms with Gasteiger partial charge in [0.1, 0.15) is 11.4 Å². The van der Waals surface area contributed by atoms with Crippen molar-refractivity contribution in [3.8, 4) is 0 Å². The molecule has 0 N–H and O–H groups in total. The summed E-state index contributed by atoms with van der Waals surface area (Å²) in [6.45, 7) is 6.14. The molecule has 0 bridgehead atoms. The Morgan fingerprint density at radius 1 is 1.52 bits per heavy atom.